The van der Waals surface area contributed by atoms with E-state index in [0.717, 1.165) is 0 Å². The van der Waals surface area contributed by atoms with Crippen LogP contribution in [-0.4, -0.2) is 15.7 Å². The van der Waals surface area contributed by atoms with Gasteiger partial charge in [-0.15, -0.1) is 0 Å². The molecule has 132 valence electrons. The fourth-order valence-electron chi connectivity index (χ4n) is 2.46. The van der Waals surface area contributed by atoms with Crippen molar-refractivity contribution in [1.29, 1.82) is 0 Å². The standard InChI is InChI=1S/C19H15ClFN3O2/c1-11-3-6-14(21)10-16(11)22-19(26)18-17(25)9-12(2)24(23-18)15-7-4-13(20)5-8-15/h3-10H,1-2H3,(H,22,26). The Bertz CT molecular complexity index is 1050. The number of hydrogen-bond acceptors (Lipinski definition) is 3. The van der Waals surface area contributed by atoms with E-state index in [9.17, 15) is 14.0 Å². The lowest BCUT2D eigenvalue weighted by Gasteiger charge is -2.12. The Morgan fingerprint density at radius 2 is 1.81 bits per heavy atom. The van der Waals surface area contributed by atoms with Crippen LogP contribution in [0.25, 0.3) is 5.69 Å². The summed E-state index contributed by atoms with van der Waals surface area (Å²) in [4.78, 5) is 24.7. The van der Waals surface area contributed by atoms with Crippen LogP contribution in [0, 0.1) is 19.7 Å². The summed E-state index contributed by atoms with van der Waals surface area (Å²) in [5.41, 5.74) is 1.38. The Labute approximate surface area is 154 Å². The first-order valence-corrected chi connectivity index (χ1v) is 8.17. The maximum atomic E-state index is 13.4. The Hall–Kier alpha value is -2.99. The minimum atomic E-state index is -0.702. The van der Waals surface area contributed by atoms with E-state index in [-0.39, 0.29) is 11.4 Å². The number of benzene rings is 2. The van der Waals surface area contributed by atoms with Crippen molar-refractivity contribution < 1.29 is 9.18 Å². The van der Waals surface area contributed by atoms with Crippen LogP contribution in [0.15, 0.2) is 53.3 Å². The van der Waals surface area contributed by atoms with Crippen LogP contribution in [0.3, 0.4) is 0 Å². The Morgan fingerprint density at radius 3 is 2.50 bits per heavy atom. The summed E-state index contributed by atoms with van der Waals surface area (Å²) >= 11 is 5.89. The van der Waals surface area contributed by atoms with Crippen LogP contribution in [0.2, 0.25) is 5.02 Å². The fourth-order valence-corrected chi connectivity index (χ4v) is 2.58. The van der Waals surface area contributed by atoms with Gasteiger partial charge in [-0.2, -0.15) is 5.10 Å². The highest BCUT2D eigenvalue weighted by Crippen LogP contribution is 2.17. The molecule has 1 amide bonds. The first-order chi connectivity index (χ1) is 12.3. The van der Waals surface area contributed by atoms with Crippen LogP contribution < -0.4 is 10.7 Å². The monoisotopic (exact) mass is 371 g/mol. The zero-order valence-electron chi connectivity index (χ0n) is 14.1. The molecule has 1 N–H and O–H groups in total. The second-order valence-electron chi connectivity index (χ2n) is 5.80. The second kappa shape index (κ2) is 7.09. The maximum Gasteiger partial charge on any atom is 0.280 e. The molecule has 3 aromatic rings. The zero-order valence-corrected chi connectivity index (χ0v) is 14.8. The molecular formula is C19H15ClFN3O2. The van der Waals surface area contributed by atoms with Gasteiger partial charge in [0.2, 0.25) is 5.43 Å². The molecule has 0 radical (unpaired) electrons. The molecule has 0 saturated heterocycles. The van der Waals surface area contributed by atoms with Gasteiger partial charge in [0, 0.05) is 22.5 Å². The SMILES string of the molecule is Cc1ccc(F)cc1NC(=O)c1nn(-c2ccc(Cl)cc2)c(C)cc1=O. The molecule has 7 heteroatoms. The number of halogens is 2. The molecule has 0 saturated carbocycles. The first-order valence-electron chi connectivity index (χ1n) is 7.79. The largest absolute Gasteiger partial charge is 0.320 e. The summed E-state index contributed by atoms with van der Waals surface area (Å²) in [6, 6.07) is 12.2. The number of anilines is 1. The van der Waals surface area contributed by atoms with Crippen molar-refractivity contribution >= 4 is 23.2 Å². The summed E-state index contributed by atoms with van der Waals surface area (Å²) in [5, 5.41) is 7.28. The molecule has 2 aromatic carbocycles. The highest BCUT2D eigenvalue weighted by atomic mass is 35.5. The van der Waals surface area contributed by atoms with Crippen LogP contribution >= 0.6 is 11.6 Å². The summed E-state index contributed by atoms with van der Waals surface area (Å²) < 4.78 is 14.9. The summed E-state index contributed by atoms with van der Waals surface area (Å²) in [6.45, 7) is 3.44. The Morgan fingerprint density at radius 1 is 1.12 bits per heavy atom. The number of nitrogens with zero attached hydrogens (tertiary/aromatic N) is 2. The number of aryl methyl sites for hydroxylation is 2. The van der Waals surface area contributed by atoms with Crippen molar-refractivity contribution in [2.75, 3.05) is 5.32 Å². The van der Waals surface area contributed by atoms with E-state index >= 15 is 0 Å². The molecule has 0 spiro atoms. The molecule has 0 aliphatic rings. The van der Waals surface area contributed by atoms with Crippen molar-refractivity contribution in [2.24, 2.45) is 0 Å². The topological polar surface area (TPSA) is 64.0 Å². The van der Waals surface area contributed by atoms with Gasteiger partial charge in [-0.1, -0.05) is 17.7 Å². The average molecular weight is 372 g/mol. The quantitative estimate of drug-likeness (QED) is 0.759. The maximum absolute atomic E-state index is 13.4. The van der Waals surface area contributed by atoms with E-state index in [4.69, 9.17) is 11.6 Å². The molecular weight excluding hydrogens is 357 g/mol. The molecule has 0 aliphatic heterocycles. The van der Waals surface area contributed by atoms with E-state index in [2.05, 4.69) is 10.4 Å². The number of carbonyl (C=O) groups is 1. The third kappa shape index (κ3) is 3.65. The smallest absolute Gasteiger partial charge is 0.280 e. The van der Waals surface area contributed by atoms with Crippen molar-refractivity contribution in [2.45, 2.75) is 13.8 Å². The van der Waals surface area contributed by atoms with Crippen LogP contribution in [-0.2, 0) is 0 Å². The lowest BCUT2D eigenvalue weighted by atomic mass is 10.2. The van der Waals surface area contributed by atoms with Gasteiger partial charge < -0.3 is 5.32 Å². The zero-order chi connectivity index (χ0) is 18.8. The summed E-state index contributed by atoms with van der Waals surface area (Å²) in [6.07, 6.45) is 0. The minimum Gasteiger partial charge on any atom is -0.320 e. The van der Waals surface area contributed by atoms with Gasteiger partial charge in [-0.25, -0.2) is 9.07 Å². The predicted octanol–water partition coefficient (Wildman–Crippen LogP) is 3.89. The second-order valence-corrected chi connectivity index (χ2v) is 6.24. The number of nitrogens with one attached hydrogen (secondary N) is 1. The first kappa shape index (κ1) is 17.8. The van der Waals surface area contributed by atoms with E-state index in [1.807, 2.05) is 0 Å². The lowest BCUT2D eigenvalue weighted by Crippen LogP contribution is -2.27. The van der Waals surface area contributed by atoms with Crippen molar-refractivity contribution in [3.63, 3.8) is 0 Å². The summed E-state index contributed by atoms with van der Waals surface area (Å²) in [5.74, 6) is -1.19. The fraction of sp³-hybridized carbons (Fsp3) is 0.105. The molecule has 3 rings (SSSR count). The van der Waals surface area contributed by atoms with Gasteiger partial charge in [0.1, 0.15) is 5.82 Å². The van der Waals surface area contributed by atoms with Crippen molar-refractivity contribution in [3.8, 4) is 5.69 Å². The van der Waals surface area contributed by atoms with E-state index in [1.165, 1.54) is 22.9 Å². The molecule has 5 nitrogen and oxygen atoms in total. The average Bonchev–Trinajstić information content (AvgIpc) is 2.59. The third-order valence-corrected chi connectivity index (χ3v) is 4.09. The summed E-state index contributed by atoms with van der Waals surface area (Å²) in [7, 11) is 0. The normalized spacial score (nSPS) is 10.6. The Balaban J connectivity index is 2.00. The van der Waals surface area contributed by atoms with Gasteiger partial charge in [0.05, 0.1) is 5.69 Å². The van der Waals surface area contributed by atoms with Crippen LogP contribution in [0.1, 0.15) is 21.7 Å². The highest BCUT2D eigenvalue weighted by molar-refractivity contribution is 6.30. The molecule has 0 bridgehead atoms. The number of rotatable bonds is 3. The predicted molar refractivity (Wildman–Crippen MR) is 98.7 cm³/mol. The molecule has 0 aliphatic carbocycles. The molecule has 1 aromatic heterocycles. The van der Waals surface area contributed by atoms with Gasteiger partial charge in [-0.05, 0) is 55.8 Å². The molecule has 0 atom stereocenters. The van der Waals surface area contributed by atoms with Crippen molar-refractivity contribution in [1.82, 2.24) is 9.78 Å². The van der Waals surface area contributed by atoms with E-state index in [0.29, 0.717) is 22.0 Å². The number of carbonyl (C=O) groups excluding carboxylic acids is 1. The van der Waals surface area contributed by atoms with Gasteiger partial charge in [-0.3, -0.25) is 9.59 Å². The van der Waals surface area contributed by atoms with Crippen LogP contribution in [0.5, 0.6) is 0 Å². The molecule has 26 heavy (non-hydrogen) atoms. The molecule has 0 unspecified atom stereocenters. The van der Waals surface area contributed by atoms with Gasteiger partial charge >= 0.3 is 0 Å². The van der Waals surface area contributed by atoms with Gasteiger partial charge in [0.15, 0.2) is 5.69 Å². The Kier molecular flexibility index (Phi) is 4.86. The van der Waals surface area contributed by atoms with E-state index < -0.39 is 17.2 Å². The minimum absolute atomic E-state index is 0.283. The number of hydrogen-bond donors (Lipinski definition) is 1. The molecule has 1 heterocycles. The number of amides is 1. The van der Waals surface area contributed by atoms with Crippen molar-refractivity contribution in [3.05, 3.63) is 86.5 Å². The van der Waals surface area contributed by atoms with Crippen LogP contribution in [0.4, 0.5) is 10.1 Å². The molecule has 0 fully saturated rings. The number of aromatic nitrogens is 2. The highest BCUT2D eigenvalue weighted by Gasteiger charge is 2.16. The third-order valence-electron chi connectivity index (χ3n) is 3.84. The van der Waals surface area contributed by atoms with E-state index in [1.54, 1.807) is 44.2 Å². The lowest BCUT2D eigenvalue weighted by molar-refractivity contribution is 0.101. The van der Waals surface area contributed by atoms with Gasteiger partial charge in [0.25, 0.3) is 5.91 Å².